The summed E-state index contributed by atoms with van der Waals surface area (Å²) in [6.07, 6.45) is 11.1. The monoisotopic (exact) mass is 315 g/mol. The van der Waals surface area contributed by atoms with Crippen molar-refractivity contribution >= 4 is 5.69 Å². The number of benzene rings is 1. The number of anilines is 1. The van der Waals surface area contributed by atoms with Crippen LogP contribution in [0.15, 0.2) is 60.6 Å². The number of aromatic nitrogens is 1. The summed E-state index contributed by atoms with van der Waals surface area (Å²) in [6.45, 7) is 3.04. The highest BCUT2D eigenvalue weighted by Crippen LogP contribution is 2.56. The fourth-order valence-electron chi connectivity index (χ4n) is 4.18. The highest BCUT2D eigenvalue weighted by atomic mass is 15.3. The van der Waals surface area contributed by atoms with Gasteiger partial charge in [-0.25, -0.2) is 0 Å². The lowest BCUT2D eigenvalue weighted by Crippen LogP contribution is -2.26. The molecular formula is C21H21N3. The molecule has 1 spiro atoms. The molecule has 2 aromatic rings. The van der Waals surface area contributed by atoms with Crippen LogP contribution < -0.4 is 4.90 Å². The Hall–Kier alpha value is -2.55. The first-order valence-corrected chi connectivity index (χ1v) is 8.64. The highest BCUT2D eigenvalue weighted by Gasteiger charge is 2.50. The van der Waals surface area contributed by atoms with Crippen LogP contribution in [0.2, 0.25) is 0 Å². The zero-order valence-electron chi connectivity index (χ0n) is 14.2. The zero-order chi connectivity index (χ0) is 16.3. The van der Waals surface area contributed by atoms with Gasteiger partial charge in [0.15, 0.2) is 0 Å². The molecule has 0 saturated heterocycles. The Labute approximate surface area is 142 Å². The molecule has 0 N–H and O–H groups in total. The van der Waals surface area contributed by atoms with Crippen LogP contribution in [0.25, 0.3) is 11.1 Å². The zero-order valence-corrected chi connectivity index (χ0v) is 14.2. The number of pyridine rings is 1. The Balaban J connectivity index is 1.72. The number of nitrogens with zero attached hydrogens (tertiary/aromatic N) is 3. The molecule has 120 valence electrons. The second-order valence-corrected chi connectivity index (χ2v) is 7.08. The quantitative estimate of drug-likeness (QED) is 0.786. The summed E-state index contributed by atoms with van der Waals surface area (Å²) < 4.78 is 0. The SMILES string of the molecule is Cc1ncccc1-c1ccc2c(c1)N1CC=CC1=CN(C)C21CC1. The van der Waals surface area contributed by atoms with E-state index in [1.807, 2.05) is 12.3 Å². The molecule has 0 bridgehead atoms. The third-order valence-electron chi connectivity index (χ3n) is 5.72. The van der Waals surface area contributed by atoms with Crippen molar-refractivity contribution in [2.45, 2.75) is 25.3 Å². The maximum Gasteiger partial charge on any atom is 0.0668 e. The lowest BCUT2D eigenvalue weighted by atomic mass is 9.95. The molecule has 3 nitrogen and oxygen atoms in total. The predicted molar refractivity (Wildman–Crippen MR) is 97.7 cm³/mol. The van der Waals surface area contributed by atoms with Gasteiger partial charge in [-0.15, -0.1) is 0 Å². The number of rotatable bonds is 1. The van der Waals surface area contributed by atoms with E-state index in [2.05, 4.69) is 71.4 Å². The molecule has 1 aliphatic carbocycles. The summed E-state index contributed by atoms with van der Waals surface area (Å²) in [7, 11) is 2.22. The van der Waals surface area contributed by atoms with Crippen molar-refractivity contribution in [2.24, 2.45) is 0 Å². The van der Waals surface area contributed by atoms with Crippen LogP contribution in [0.5, 0.6) is 0 Å². The minimum atomic E-state index is 0.197. The van der Waals surface area contributed by atoms with Crippen molar-refractivity contribution in [3.8, 4) is 11.1 Å². The standard InChI is InChI=1S/C21H21N3/c1-15-18(6-3-11-22-15)16-7-8-19-20(13-16)24-12-4-5-17(24)14-23(2)21(19)9-10-21/h3-8,11,13-14H,9-10,12H2,1-2H3. The lowest BCUT2D eigenvalue weighted by molar-refractivity contribution is 0.314. The molecule has 0 unspecified atom stereocenters. The maximum absolute atomic E-state index is 4.46. The second kappa shape index (κ2) is 4.73. The molecule has 3 aliphatic rings. The van der Waals surface area contributed by atoms with E-state index in [1.165, 1.54) is 40.9 Å². The topological polar surface area (TPSA) is 19.4 Å². The molecule has 0 atom stereocenters. The molecule has 2 aliphatic heterocycles. The van der Waals surface area contributed by atoms with Crippen LogP contribution in [0.1, 0.15) is 24.1 Å². The van der Waals surface area contributed by atoms with E-state index >= 15 is 0 Å². The van der Waals surface area contributed by atoms with Gasteiger partial charge >= 0.3 is 0 Å². The first kappa shape index (κ1) is 13.8. The average molecular weight is 315 g/mol. The van der Waals surface area contributed by atoms with Gasteiger partial charge in [-0.3, -0.25) is 4.98 Å². The molecule has 3 heterocycles. The Bertz CT molecular complexity index is 890. The smallest absolute Gasteiger partial charge is 0.0668 e. The van der Waals surface area contributed by atoms with Gasteiger partial charge < -0.3 is 9.80 Å². The van der Waals surface area contributed by atoms with Crippen LogP contribution in [0.4, 0.5) is 5.69 Å². The van der Waals surface area contributed by atoms with Crippen LogP contribution >= 0.6 is 0 Å². The maximum atomic E-state index is 4.46. The summed E-state index contributed by atoms with van der Waals surface area (Å²) in [5.74, 6) is 0. The van der Waals surface area contributed by atoms with E-state index in [0.29, 0.717) is 0 Å². The average Bonchev–Trinajstić information content (AvgIpc) is 3.29. The van der Waals surface area contributed by atoms with Gasteiger partial charge in [0.05, 0.1) is 11.2 Å². The summed E-state index contributed by atoms with van der Waals surface area (Å²) in [4.78, 5) is 9.32. The highest BCUT2D eigenvalue weighted by molar-refractivity contribution is 5.76. The Morgan fingerprint density at radius 2 is 2.04 bits per heavy atom. The van der Waals surface area contributed by atoms with Crippen LogP contribution in [0.3, 0.4) is 0 Å². The largest absolute Gasteiger partial charge is 0.369 e. The van der Waals surface area contributed by atoms with Crippen LogP contribution in [-0.4, -0.2) is 23.5 Å². The van der Waals surface area contributed by atoms with Crippen LogP contribution in [-0.2, 0) is 5.54 Å². The molecule has 5 rings (SSSR count). The third-order valence-corrected chi connectivity index (χ3v) is 5.72. The summed E-state index contributed by atoms with van der Waals surface area (Å²) in [5.41, 5.74) is 7.87. The fourth-order valence-corrected chi connectivity index (χ4v) is 4.18. The molecular weight excluding hydrogens is 294 g/mol. The summed E-state index contributed by atoms with van der Waals surface area (Å²) in [6, 6.07) is 11.2. The second-order valence-electron chi connectivity index (χ2n) is 7.08. The van der Waals surface area contributed by atoms with E-state index in [0.717, 1.165) is 12.2 Å². The van der Waals surface area contributed by atoms with Gasteiger partial charge in [-0.2, -0.15) is 0 Å². The summed E-state index contributed by atoms with van der Waals surface area (Å²) >= 11 is 0. The fraction of sp³-hybridized carbons (Fsp3) is 0.286. The van der Waals surface area contributed by atoms with E-state index in [4.69, 9.17) is 0 Å². The van der Waals surface area contributed by atoms with E-state index in [1.54, 1.807) is 0 Å². The minimum absolute atomic E-state index is 0.197. The number of allylic oxidation sites excluding steroid dienone is 1. The molecule has 0 radical (unpaired) electrons. The van der Waals surface area contributed by atoms with Gasteiger partial charge in [0.2, 0.25) is 0 Å². The van der Waals surface area contributed by atoms with Crippen molar-refractivity contribution < 1.29 is 0 Å². The van der Waals surface area contributed by atoms with E-state index < -0.39 is 0 Å². The number of hydrogen-bond acceptors (Lipinski definition) is 3. The van der Waals surface area contributed by atoms with Crippen molar-refractivity contribution in [3.05, 3.63) is 71.8 Å². The summed E-state index contributed by atoms with van der Waals surface area (Å²) in [5, 5.41) is 0. The Kier molecular flexibility index (Phi) is 2.73. The van der Waals surface area contributed by atoms with Gasteiger partial charge in [0.1, 0.15) is 0 Å². The molecule has 24 heavy (non-hydrogen) atoms. The van der Waals surface area contributed by atoms with E-state index in [-0.39, 0.29) is 5.54 Å². The third kappa shape index (κ3) is 1.81. The van der Waals surface area contributed by atoms with Gasteiger partial charge in [-0.05, 0) is 43.5 Å². The lowest BCUT2D eigenvalue weighted by Gasteiger charge is -2.28. The van der Waals surface area contributed by atoms with Crippen LogP contribution in [0, 0.1) is 6.92 Å². The normalized spacial score (nSPS) is 19.8. The first-order valence-electron chi connectivity index (χ1n) is 8.64. The first-order chi connectivity index (χ1) is 11.7. The van der Waals surface area contributed by atoms with Crippen molar-refractivity contribution in [1.82, 2.24) is 9.88 Å². The van der Waals surface area contributed by atoms with Gasteiger partial charge in [0.25, 0.3) is 0 Å². The Morgan fingerprint density at radius 3 is 2.83 bits per heavy atom. The predicted octanol–water partition coefficient (Wildman–Crippen LogP) is 4.21. The Morgan fingerprint density at radius 1 is 1.17 bits per heavy atom. The molecule has 0 amide bonds. The van der Waals surface area contributed by atoms with Crippen molar-refractivity contribution in [1.29, 1.82) is 0 Å². The van der Waals surface area contributed by atoms with E-state index in [9.17, 15) is 0 Å². The van der Waals surface area contributed by atoms with Crippen molar-refractivity contribution in [2.75, 3.05) is 18.5 Å². The van der Waals surface area contributed by atoms with Gasteiger partial charge in [0, 0.05) is 48.5 Å². The molecule has 1 saturated carbocycles. The number of hydrogen-bond donors (Lipinski definition) is 0. The van der Waals surface area contributed by atoms with Gasteiger partial charge in [-0.1, -0.05) is 24.3 Å². The number of fused-ring (bicyclic) bond motifs is 4. The molecule has 1 aromatic carbocycles. The number of aryl methyl sites for hydroxylation is 1. The molecule has 1 aromatic heterocycles. The molecule has 1 fully saturated rings. The van der Waals surface area contributed by atoms with Crippen molar-refractivity contribution in [3.63, 3.8) is 0 Å². The minimum Gasteiger partial charge on any atom is -0.369 e. The molecule has 3 heteroatoms.